The van der Waals surface area contributed by atoms with E-state index in [0.29, 0.717) is 0 Å². The molecule has 1 saturated carbocycles. The molecule has 1 fully saturated rings. The lowest BCUT2D eigenvalue weighted by Crippen LogP contribution is -2.08. The van der Waals surface area contributed by atoms with E-state index in [1.165, 1.54) is 46.9 Å². The molecule has 1 N–H and O–H groups in total. The van der Waals surface area contributed by atoms with E-state index in [0.717, 1.165) is 18.2 Å². The second-order valence-corrected chi connectivity index (χ2v) is 6.02. The third-order valence-electron chi connectivity index (χ3n) is 4.75. The first-order valence-electron chi connectivity index (χ1n) is 7.92. The van der Waals surface area contributed by atoms with E-state index in [1.807, 2.05) is 6.20 Å². The molecule has 2 heteroatoms. The molecule has 0 bridgehead atoms. The lowest BCUT2D eigenvalue weighted by Gasteiger charge is -2.26. The Morgan fingerprint density at radius 1 is 1.19 bits per heavy atom. The Kier molecular flexibility index (Phi) is 3.03. The fraction of sp³-hybridized carbons (Fsp3) is 0.316. The predicted octanol–water partition coefficient (Wildman–Crippen LogP) is 5.06. The van der Waals surface area contributed by atoms with Crippen molar-refractivity contribution >= 4 is 10.8 Å². The van der Waals surface area contributed by atoms with Crippen molar-refractivity contribution in [1.82, 2.24) is 9.97 Å². The van der Waals surface area contributed by atoms with Gasteiger partial charge in [0.15, 0.2) is 0 Å². The van der Waals surface area contributed by atoms with Gasteiger partial charge in [-0.3, -0.25) is 0 Å². The molecule has 0 aliphatic heterocycles. The number of rotatable bonds is 3. The largest absolute Gasteiger partial charge is 0.342 e. The van der Waals surface area contributed by atoms with Crippen molar-refractivity contribution in [1.29, 1.82) is 0 Å². The fourth-order valence-corrected chi connectivity index (χ4v) is 3.17. The highest BCUT2D eigenvalue weighted by Crippen LogP contribution is 2.38. The minimum Gasteiger partial charge on any atom is -0.342 e. The van der Waals surface area contributed by atoms with Crippen LogP contribution in [-0.2, 0) is 6.42 Å². The molecule has 2 aromatic carbocycles. The van der Waals surface area contributed by atoms with Crippen molar-refractivity contribution in [3.63, 3.8) is 0 Å². The van der Waals surface area contributed by atoms with Gasteiger partial charge >= 0.3 is 0 Å². The lowest BCUT2D eigenvalue weighted by molar-refractivity contribution is 0.420. The normalized spacial score (nSPS) is 15.3. The van der Waals surface area contributed by atoms with Crippen molar-refractivity contribution < 1.29 is 0 Å². The summed E-state index contributed by atoms with van der Waals surface area (Å²) in [6, 6.07) is 13.4. The summed E-state index contributed by atoms with van der Waals surface area (Å²) in [7, 11) is 0. The van der Waals surface area contributed by atoms with Crippen molar-refractivity contribution in [2.45, 2.75) is 38.5 Å². The second-order valence-electron chi connectivity index (χ2n) is 6.02. The zero-order valence-corrected chi connectivity index (χ0v) is 12.4. The third-order valence-corrected chi connectivity index (χ3v) is 4.75. The summed E-state index contributed by atoms with van der Waals surface area (Å²) in [5.41, 5.74) is 3.90. The molecule has 1 aromatic heterocycles. The van der Waals surface area contributed by atoms with E-state index in [-0.39, 0.29) is 0 Å². The third kappa shape index (κ3) is 2.15. The van der Waals surface area contributed by atoms with Gasteiger partial charge in [0.25, 0.3) is 0 Å². The van der Waals surface area contributed by atoms with E-state index in [1.54, 1.807) is 0 Å². The Bertz CT molecular complexity index is 781. The molecule has 2 nitrogen and oxygen atoms in total. The van der Waals surface area contributed by atoms with E-state index >= 15 is 0 Å². The van der Waals surface area contributed by atoms with Crippen LogP contribution in [0.2, 0.25) is 0 Å². The minimum absolute atomic E-state index is 0.769. The number of fused-ring (bicyclic) bond motifs is 1. The van der Waals surface area contributed by atoms with E-state index < -0.39 is 0 Å². The topological polar surface area (TPSA) is 28.7 Å². The molecule has 0 atom stereocenters. The quantitative estimate of drug-likeness (QED) is 0.711. The summed E-state index contributed by atoms with van der Waals surface area (Å²) in [6.07, 6.45) is 7.00. The first-order valence-corrected chi connectivity index (χ1v) is 7.92. The number of nitrogens with zero attached hydrogens (tertiary/aromatic N) is 1. The van der Waals surface area contributed by atoms with Crippen LogP contribution in [0, 0.1) is 0 Å². The zero-order chi connectivity index (χ0) is 14.2. The Balaban J connectivity index is 1.86. The summed E-state index contributed by atoms with van der Waals surface area (Å²) in [6.45, 7) is 2.15. The van der Waals surface area contributed by atoms with Gasteiger partial charge in [-0.25, -0.2) is 4.98 Å². The molecule has 1 heterocycles. The number of imidazole rings is 1. The van der Waals surface area contributed by atoms with Gasteiger partial charge in [0.05, 0.1) is 0 Å². The summed E-state index contributed by atoms with van der Waals surface area (Å²) in [5, 5.41) is 2.61. The van der Waals surface area contributed by atoms with Gasteiger partial charge in [-0.15, -0.1) is 0 Å². The van der Waals surface area contributed by atoms with Gasteiger partial charge in [0.2, 0.25) is 0 Å². The van der Waals surface area contributed by atoms with Crippen molar-refractivity contribution in [2.75, 3.05) is 0 Å². The number of hydrogen-bond acceptors (Lipinski definition) is 1. The molecular weight excluding hydrogens is 256 g/mol. The number of benzene rings is 2. The van der Waals surface area contributed by atoms with Crippen LogP contribution in [0.1, 0.15) is 43.4 Å². The van der Waals surface area contributed by atoms with Crippen molar-refractivity contribution in [3.05, 3.63) is 53.9 Å². The van der Waals surface area contributed by atoms with E-state index in [9.17, 15) is 0 Å². The first-order chi connectivity index (χ1) is 10.3. The van der Waals surface area contributed by atoms with Crippen molar-refractivity contribution in [2.24, 2.45) is 0 Å². The van der Waals surface area contributed by atoms with Crippen LogP contribution in [-0.4, -0.2) is 9.97 Å². The highest BCUT2D eigenvalue weighted by molar-refractivity contribution is 5.95. The standard InChI is InChI=1S/C19H20N2/c1-2-16-12-20-19(21-16)17-8-4-7-14-9-10-15(11-18(14)17)13-5-3-6-13/h4,7-13H,2-3,5-6H2,1H3,(H,20,21). The number of aryl methyl sites for hydroxylation is 1. The summed E-state index contributed by atoms with van der Waals surface area (Å²) >= 11 is 0. The molecule has 21 heavy (non-hydrogen) atoms. The average Bonchev–Trinajstić information content (AvgIpc) is 2.93. The maximum absolute atomic E-state index is 4.56. The minimum atomic E-state index is 0.769. The average molecular weight is 276 g/mol. The molecule has 4 rings (SSSR count). The van der Waals surface area contributed by atoms with Crippen LogP contribution in [0.4, 0.5) is 0 Å². The second kappa shape index (κ2) is 5.03. The highest BCUT2D eigenvalue weighted by Gasteiger charge is 2.20. The molecule has 1 aliphatic carbocycles. The number of H-pyrrole nitrogens is 1. The highest BCUT2D eigenvalue weighted by atomic mass is 14.9. The summed E-state index contributed by atoms with van der Waals surface area (Å²) in [4.78, 5) is 8.00. The molecule has 0 amide bonds. The van der Waals surface area contributed by atoms with E-state index in [4.69, 9.17) is 0 Å². The van der Waals surface area contributed by atoms with Gasteiger partial charge in [0.1, 0.15) is 5.82 Å². The molecule has 106 valence electrons. The molecule has 0 spiro atoms. The molecule has 0 unspecified atom stereocenters. The SMILES string of the molecule is CCc1cnc(-c2cccc3ccc(C4CCC4)cc23)[nH]1. The maximum atomic E-state index is 4.56. The van der Waals surface area contributed by atoms with Crippen LogP contribution in [0.25, 0.3) is 22.2 Å². The number of aromatic amines is 1. The maximum Gasteiger partial charge on any atom is 0.138 e. The van der Waals surface area contributed by atoms with Crippen LogP contribution < -0.4 is 0 Å². The Labute approximate surface area is 125 Å². The number of aromatic nitrogens is 2. The van der Waals surface area contributed by atoms with Gasteiger partial charge in [0, 0.05) is 17.5 Å². The monoisotopic (exact) mass is 276 g/mol. The first kappa shape index (κ1) is 12.6. The molecule has 0 radical (unpaired) electrons. The van der Waals surface area contributed by atoms with Crippen LogP contribution in [0.5, 0.6) is 0 Å². The van der Waals surface area contributed by atoms with Gasteiger partial charge < -0.3 is 4.98 Å². The molecule has 0 saturated heterocycles. The molecular formula is C19H20N2. The molecule has 3 aromatic rings. The fourth-order valence-electron chi connectivity index (χ4n) is 3.17. The Hall–Kier alpha value is -2.09. The van der Waals surface area contributed by atoms with Gasteiger partial charge in [-0.1, -0.05) is 49.7 Å². The summed E-state index contributed by atoms with van der Waals surface area (Å²) < 4.78 is 0. The smallest absolute Gasteiger partial charge is 0.138 e. The van der Waals surface area contributed by atoms with Crippen LogP contribution in [0.15, 0.2) is 42.6 Å². The van der Waals surface area contributed by atoms with Crippen molar-refractivity contribution in [3.8, 4) is 11.4 Å². The van der Waals surface area contributed by atoms with Gasteiger partial charge in [-0.05, 0) is 41.5 Å². The predicted molar refractivity (Wildman–Crippen MR) is 87.5 cm³/mol. The Morgan fingerprint density at radius 2 is 2.10 bits per heavy atom. The van der Waals surface area contributed by atoms with Gasteiger partial charge in [-0.2, -0.15) is 0 Å². The number of hydrogen-bond donors (Lipinski definition) is 1. The van der Waals surface area contributed by atoms with E-state index in [2.05, 4.69) is 53.3 Å². The zero-order valence-electron chi connectivity index (χ0n) is 12.4. The van der Waals surface area contributed by atoms with Crippen LogP contribution >= 0.6 is 0 Å². The van der Waals surface area contributed by atoms with Crippen LogP contribution in [0.3, 0.4) is 0 Å². The summed E-state index contributed by atoms with van der Waals surface area (Å²) in [5.74, 6) is 1.76. The lowest BCUT2D eigenvalue weighted by atomic mass is 9.79. The number of nitrogens with one attached hydrogen (secondary N) is 1. The Morgan fingerprint density at radius 3 is 2.81 bits per heavy atom. The molecule has 1 aliphatic rings.